The molecule has 0 spiro atoms. The molecule has 1 heterocycles. The summed E-state index contributed by atoms with van der Waals surface area (Å²) >= 11 is 0. The van der Waals surface area contributed by atoms with Crippen molar-refractivity contribution in [3.63, 3.8) is 0 Å². The normalized spacial score (nSPS) is 10.4. The van der Waals surface area contributed by atoms with Gasteiger partial charge in [-0.25, -0.2) is 0 Å². The average molecular weight is 314 g/mol. The smallest absolute Gasteiger partial charge is 0.260 e. The number of anilines is 2. The average Bonchev–Trinajstić information content (AvgIpc) is 2.56. The zero-order chi connectivity index (χ0) is 16.7. The van der Waals surface area contributed by atoms with Crippen LogP contribution in [-0.2, 0) is 0 Å². The number of hydrogen-bond acceptors (Lipinski definition) is 5. The van der Waals surface area contributed by atoms with Crippen LogP contribution < -0.4 is 15.4 Å². The number of rotatable bonds is 7. The van der Waals surface area contributed by atoms with Crippen molar-refractivity contribution < 1.29 is 9.53 Å². The number of benzene rings is 1. The molecule has 0 aliphatic rings. The molecule has 0 aliphatic carbocycles. The third-order valence-electron chi connectivity index (χ3n) is 3.29. The number of nitrogens with one attached hydrogen (secondary N) is 2. The zero-order valence-corrected chi connectivity index (χ0v) is 13.7. The summed E-state index contributed by atoms with van der Waals surface area (Å²) in [5.41, 5.74) is 0.455. The van der Waals surface area contributed by atoms with Crippen LogP contribution in [0.4, 0.5) is 11.6 Å². The van der Waals surface area contributed by atoms with Gasteiger partial charge in [-0.15, -0.1) is 10.2 Å². The third-order valence-corrected chi connectivity index (χ3v) is 3.29. The van der Waals surface area contributed by atoms with Gasteiger partial charge in [0.1, 0.15) is 11.6 Å². The van der Waals surface area contributed by atoms with E-state index in [1.54, 1.807) is 30.3 Å². The second-order valence-corrected chi connectivity index (χ2v) is 5.57. The molecular formula is C17H22N4O2. The maximum absolute atomic E-state index is 12.3. The first-order valence-corrected chi connectivity index (χ1v) is 7.62. The van der Waals surface area contributed by atoms with E-state index in [0.29, 0.717) is 28.9 Å². The molecule has 2 rings (SSSR count). The van der Waals surface area contributed by atoms with Gasteiger partial charge in [-0.2, -0.15) is 0 Å². The van der Waals surface area contributed by atoms with Crippen LogP contribution in [0, 0.1) is 5.92 Å². The zero-order valence-electron chi connectivity index (χ0n) is 13.7. The monoisotopic (exact) mass is 314 g/mol. The van der Waals surface area contributed by atoms with Crippen LogP contribution in [0.15, 0.2) is 36.4 Å². The lowest BCUT2D eigenvalue weighted by Gasteiger charge is -2.09. The van der Waals surface area contributed by atoms with Crippen molar-refractivity contribution in [3.8, 4) is 5.75 Å². The first kappa shape index (κ1) is 16.7. The predicted molar refractivity (Wildman–Crippen MR) is 90.9 cm³/mol. The Morgan fingerprint density at radius 3 is 2.48 bits per heavy atom. The Bertz CT molecular complexity index is 641. The van der Waals surface area contributed by atoms with Crippen molar-refractivity contribution in [2.45, 2.75) is 20.3 Å². The summed E-state index contributed by atoms with van der Waals surface area (Å²) in [4.78, 5) is 12.3. The fourth-order valence-corrected chi connectivity index (χ4v) is 2.00. The Kier molecular flexibility index (Phi) is 5.91. The maximum Gasteiger partial charge on any atom is 0.260 e. The van der Waals surface area contributed by atoms with Gasteiger partial charge in [-0.05, 0) is 36.6 Å². The Morgan fingerprint density at radius 2 is 1.83 bits per heavy atom. The summed E-state index contributed by atoms with van der Waals surface area (Å²) in [6.45, 7) is 5.19. The summed E-state index contributed by atoms with van der Waals surface area (Å²) in [7, 11) is 1.53. The molecule has 6 nitrogen and oxygen atoms in total. The number of hydrogen-bond donors (Lipinski definition) is 2. The molecule has 0 fully saturated rings. The SMILES string of the molecule is COc1ccccc1C(=O)Nc1ccc(NCCC(C)C)nn1. The molecule has 2 N–H and O–H groups in total. The molecule has 1 amide bonds. The van der Waals surface area contributed by atoms with E-state index >= 15 is 0 Å². The van der Waals surface area contributed by atoms with Crippen LogP contribution in [0.5, 0.6) is 5.75 Å². The fourth-order valence-electron chi connectivity index (χ4n) is 2.00. The van der Waals surface area contributed by atoms with E-state index < -0.39 is 0 Å². The van der Waals surface area contributed by atoms with Crippen LogP contribution in [0.3, 0.4) is 0 Å². The first-order chi connectivity index (χ1) is 11.1. The molecule has 6 heteroatoms. The van der Waals surface area contributed by atoms with Gasteiger partial charge in [0.05, 0.1) is 12.7 Å². The molecule has 0 radical (unpaired) electrons. The van der Waals surface area contributed by atoms with E-state index in [9.17, 15) is 4.79 Å². The number of nitrogens with zero attached hydrogens (tertiary/aromatic N) is 2. The van der Waals surface area contributed by atoms with Crippen LogP contribution in [0.1, 0.15) is 30.6 Å². The van der Waals surface area contributed by atoms with E-state index in [2.05, 4.69) is 34.7 Å². The molecule has 0 saturated heterocycles. The number of aromatic nitrogens is 2. The first-order valence-electron chi connectivity index (χ1n) is 7.62. The second kappa shape index (κ2) is 8.12. The molecule has 0 atom stereocenters. The Labute approximate surface area is 136 Å². The van der Waals surface area contributed by atoms with Gasteiger partial charge >= 0.3 is 0 Å². The van der Waals surface area contributed by atoms with Crippen molar-refractivity contribution >= 4 is 17.5 Å². The highest BCUT2D eigenvalue weighted by molar-refractivity contribution is 6.05. The van der Waals surface area contributed by atoms with Gasteiger partial charge in [-0.3, -0.25) is 4.79 Å². The Morgan fingerprint density at radius 1 is 1.13 bits per heavy atom. The lowest BCUT2D eigenvalue weighted by Crippen LogP contribution is -2.15. The number of ether oxygens (including phenoxy) is 1. The second-order valence-electron chi connectivity index (χ2n) is 5.57. The highest BCUT2D eigenvalue weighted by Crippen LogP contribution is 2.18. The van der Waals surface area contributed by atoms with Crippen molar-refractivity contribution in [1.82, 2.24) is 10.2 Å². The summed E-state index contributed by atoms with van der Waals surface area (Å²) in [5, 5.41) is 14.0. The largest absolute Gasteiger partial charge is 0.496 e. The van der Waals surface area contributed by atoms with Crippen molar-refractivity contribution in [1.29, 1.82) is 0 Å². The van der Waals surface area contributed by atoms with E-state index in [1.165, 1.54) is 7.11 Å². The van der Waals surface area contributed by atoms with Gasteiger partial charge in [0.25, 0.3) is 5.91 Å². The van der Waals surface area contributed by atoms with Gasteiger partial charge in [-0.1, -0.05) is 26.0 Å². The molecule has 0 aliphatic heterocycles. The molecule has 0 unspecified atom stereocenters. The van der Waals surface area contributed by atoms with E-state index in [-0.39, 0.29) is 5.91 Å². The topological polar surface area (TPSA) is 76.1 Å². The summed E-state index contributed by atoms with van der Waals surface area (Å²) in [6.07, 6.45) is 1.06. The molecule has 2 aromatic rings. The standard InChI is InChI=1S/C17H22N4O2/c1-12(2)10-11-18-15-8-9-16(21-20-15)19-17(22)13-6-4-5-7-14(13)23-3/h4-9,12H,10-11H2,1-3H3,(H,18,20)(H,19,21,22). The van der Waals surface area contributed by atoms with E-state index in [0.717, 1.165) is 13.0 Å². The minimum atomic E-state index is -0.280. The number of amides is 1. The summed E-state index contributed by atoms with van der Waals surface area (Å²) < 4.78 is 5.18. The molecule has 122 valence electrons. The fraction of sp³-hybridized carbons (Fsp3) is 0.353. The van der Waals surface area contributed by atoms with Gasteiger partial charge < -0.3 is 15.4 Å². The van der Waals surface area contributed by atoms with E-state index in [4.69, 9.17) is 4.74 Å². The Balaban J connectivity index is 1.96. The van der Waals surface area contributed by atoms with Gasteiger partial charge in [0.15, 0.2) is 5.82 Å². The third kappa shape index (κ3) is 4.95. The quantitative estimate of drug-likeness (QED) is 0.821. The Hall–Kier alpha value is -2.63. The number of carbonyl (C=O) groups is 1. The molecule has 0 saturated carbocycles. The molecule has 1 aromatic carbocycles. The summed E-state index contributed by atoms with van der Waals surface area (Å²) in [5.74, 6) is 1.97. The predicted octanol–water partition coefficient (Wildman–Crippen LogP) is 3.20. The highest BCUT2D eigenvalue weighted by atomic mass is 16.5. The van der Waals surface area contributed by atoms with Crippen LogP contribution in [0.25, 0.3) is 0 Å². The lowest BCUT2D eigenvalue weighted by molar-refractivity contribution is 0.102. The molecule has 0 bridgehead atoms. The maximum atomic E-state index is 12.3. The van der Waals surface area contributed by atoms with E-state index in [1.807, 2.05) is 6.07 Å². The minimum Gasteiger partial charge on any atom is -0.496 e. The van der Waals surface area contributed by atoms with Gasteiger partial charge in [0, 0.05) is 6.54 Å². The van der Waals surface area contributed by atoms with Crippen molar-refractivity contribution in [2.75, 3.05) is 24.3 Å². The molecular weight excluding hydrogens is 292 g/mol. The highest BCUT2D eigenvalue weighted by Gasteiger charge is 2.12. The molecule has 1 aromatic heterocycles. The summed E-state index contributed by atoms with van der Waals surface area (Å²) in [6, 6.07) is 10.5. The van der Waals surface area contributed by atoms with Crippen LogP contribution in [-0.4, -0.2) is 29.8 Å². The van der Waals surface area contributed by atoms with Crippen molar-refractivity contribution in [2.24, 2.45) is 5.92 Å². The lowest BCUT2D eigenvalue weighted by atomic mass is 10.1. The van der Waals surface area contributed by atoms with Crippen molar-refractivity contribution in [3.05, 3.63) is 42.0 Å². The molecule has 23 heavy (non-hydrogen) atoms. The number of methoxy groups -OCH3 is 1. The van der Waals surface area contributed by atoms with Crippen LogP contribution in [0.2, 0.25) is 0 Å². The number of para-hydroxylation sites is 1. The minimum absolute atomic E-state index is 0.280. The number of carbonyl (C=O) groups excluding carboxylic acids is 1. The van der Waals surface area contributed by atoms with Gasteiger partial charge in [0.2, 0.25) is 0 Å². The van der Waals surface area contributed by atoms with Crippen LogP contribution >= 0.6 is 0 Å².